The first-order chi connectivity index (χ1) is 11.5. The van der Waals surface area contributed by atoms with E-state index in [9.17, 15) is 19.8 Å². The van der Waals surface area contributed by atoms with Gasteiger partial charge in [0.25, 0.3) is 0 Å². The third-order valence-corrected chi connectivity index (χ3v) is 4.23. The minimum Gasteiger partial charge on any atom is -0.550 e. The van der Waals surface area contributed by atoms with Crippen molar-refractivity contribution < 1.29 is 49.4 Å². The van der Waals surface area contributed by atoms with Crippen LogP contribution in [-0.4, -0.2) is 23.0 Å². The van der Waals surface area contributed by atoms with E-state index in [0.29, 0.717) is 25.7 Å². The third-order valence-electron chi connectivity index (χ3n) is 4.23. The Labute approximate surface area is 173 Å². The minimum absolute atomic E-state index is 0. The number of carbonyl (C=O) groups is 2. The van der Waals surface area contributed by atoms with Gasteiger partial charge < -0.3 is 15.0 Å². The van der Waals surface area contributed by atoms with Crippen molar-refractivity contribution in [3.8, 4) is 0 Å². The molecule has 5 heteroatoms. The van der Waals surface area contributed by atoms with Gasteiger partial charge in [-0.3, -0.25) is 4.79 Å². The van der Waals surface area contributed by atoms with Crippen LogP contribution in [-0.2, 0) is 9.59 Å². The third kappa shape index (κ3) is 10.8. The first-order valence-corrected chi connectivity index (χ1v) is 8.98. The zero-order valence-electron chi connectivity index (χ0n) is 15.6. The molecule has 0 fully saturated rings. The number of rotatable bonds is 12. The summed E-state index contributed by atoms with van der Waals surface area (Å²) in [6.45, 7) is 2.13. The summed E-state index contributed by atoms with van der Waals surface area (Å²) in [6, 6.07) is 0. The summed E-state index contributed by atoms with van der Waals surface area (Å²) in [5, 5.41) is 20.3. The Balaban J connectivity index is 0.00000576. The van der Waals surface area contributed by atoms with Crippen LogP contribution >= 0.6 is 0 Å². The second-order valence-electron chi connectivity index (χ2n) is 6.32. The molecule has 0 amide bonds. The number of Topliss-reactive ketones (excluding diaryl/α,β-unsaturated/α-hetero) is 1. The van der Waals surface area contributed by atoms with Crippen LogP contribution in [0.25, 0.3) is 0 Å². The molecule has 1 N–H and O–H groups in total. The van der Waals surface area contributed by atoms with E-state index in [1.165, 1.54) is 0 Å². The van der Waals surface area contributed by atoms with Crippen molar-refractivity contribution in [1.82, 2.24) is 0 Å². The van der Waals surface area contributed by atoms with Gasteiger partial charge in [-0.25, -0.2) is 0 Å². The molecule has 2 atom stereocenters. The Bertz CT molecular complexity index is 494. The number of allylic oxidation sites excluding steroid dienone is 5. The van der Waals surface area contributed by atoms with Crippen molar-refractivity contribution in [3.05, 3.63) is 36.0 Å². The molecule has 0 saturated heterocycles. The molecule has 0 radical (unpaired) electrons. The van der Waals surface area contributed by atoms with Gasteiger partial charge in [-0.1, -0.05) is 56.6 Å². The van der Waals surface area contributed by atoms with Crippen molar-refractivity contribution in [2.75, 3.05) is 0 Å². The van der Waals surface area contributed by atoms with Gasteiger partial charge in [0.15, 0.2) is 0 Å². The number of aliphatic carboxylic acids is 1. The molecule has 134 valence electrons. The van der Waals surface area contributed by atoms with E-state index in [-0.39, 0.29) is 47.7 Å². The molecule has 0 saturated carbocycles. The van der Waals surface area contributed by atoms with Gasteiger partial charge in [0.2, 0.25) is 0 Å². The van der Waals surface area contributed by atoms with Crippen molar-refractivity contribution >= 4 is 11.8 Å². The number of aliphatic hydroxyl groups is 1. The van der Waals surface area contributed by atoms with Gasteiger partial charge in [0.05, 0.1) is 6.10 Å². The number of hydrogen-bond acceptors (Lipinski definition) is 4. The monoisotopic (exact) mass is 356 g/mol. The first-order valence-electron chi connectivity index (χ1n) is 8.98. The molecular formula is C20H29NaO4. The number of aliphatic hydroxyl groups excluding tert-OH is 1. The van der Waals surface area contributed by atoms with Gasteiger partial charge >= 0.3 is 29.6 Å². The molecule has 0 bridgehead atoms. The summed E-state index contributed by atoms with van der Waals surface area (Å²) in [7, 11) is 0. The Morgan fingerprint density at radius 2 is 2.12 bits per heavy atom. The van der Waals surface area contributed by atoms with Crippen molar-refractivity contribution in [3.63, 3.8) is 0 Å². The molecule has 1 rings (SSSR count). The maximum Gasteiger partial charge on any atom is 1.00 e. The fraction of sp³-hybridized carbons (Fsp3) is 0.600. The van der Waals surface area contributed by atoms with Crippen molar-refractivity contribution in [1.29, 1.82) is 0 Å². The molecule has 1 aliphatic rings. The number of carboxylic acids is 1. The van der Waals surface area contributed by atoms with Crippen LogP contribution in [0.1, 0.15) is 64.7 Å². The molecular weight excluding hydrogens is 327 g/mol. The zero-order valence-corrected chi connectivity index (χ0v) is 17.6. The summed E-state index contributed by atoms with van der Waals surface area (Å²) in [6.07, 6.45) is 15.4. The first kappa shape index (κ1) is 24.3. The molecule has 0 aliphatic heterocycles. The molecule has 25 heavy (non-hydrogen) atoms. The summed E-state index contributed by atoms with van der Waals surface area (Å²) >= 11 is 0. The van der Waals surface area contributed by atoms with Crippen LogP contribution in [0.5, 0.6) is 0 Å². The molecule has 0 spiro atoms. The van der Waals surface area contributed by atoms with Crippen LogP contribution in [0, 0.1) is 5.92 Å². The van der Waals surface area contributed by atoms with E-state index >= 15 is 0 Å². The van der Waals surface area contributed by atoms with Gasteiger partial charge in [0.1, 0.15) is 5.78 Å². The SMILES string of the molecule is CCCCC[C@H](O)/C=C/C1=CCC(=O)[C@@H]1C/C=C\CCCC(=O)[O-].[Na+]. The van der Waals surface area contributed by atoms with E-state index < -0.39 is 12.1 Å². The summed E-state index contributed by atoms with van der Waals surface area (Å²) in [5.74, 6) is -0.960. The Morgan fingerprint density at radius 3 is 2.80 bits per heavy atom. The summed E-state index contributed by atoms with van der Waals surface area (Å²) < 4.78 is 0. The standard InChI is InChI=1S/C20H30O4.Na/c1-2-3-6-9-17(21)14-12-16-13-15-19(22)18(16)10-7-4-5-8-11-20(23)24;/h4,7,12-14,17-18,21H,2-3,5-6,8-11,15H2,1H3,(H,23,24);/q;+1/p-1/b7-4-,14-12+;/t17-,18+;/m0./s1. The van der Waals surface area contributed by atoms with Crippen LogP contribution < -0.4 is 34.7 Å². The predicted molar refractivity (Wildman–Crippen MR) is 93.1 cm³/mol. The zero-order chi connectivity index (χ0) is 17.8. The fourth-order valence-corrected chi connectivity index (χ4v) is 2.78. The van der Waals surface area contributed by atoms with E-state index in [0.717, 1.165) is 31.3 Å². The Hall–Kier alpha value is -0.680. The number of ketones is 1. The van der Waals surface area contributed by atoms with Gasteiger partial charge in [-0.2, -0.15) is 0 Å². The number of carboxylic acid groups (broad SMARTS) is 1. The van der Waals surface area contributed by atoms with Crippen LogP contribution in [0.2, 0.25) is 0 Å². The Kier molecular flexibility index (Phi) is 14.1. The average molecular weight is 356 g/mol. The van der Waals surface area contributed by atoms with Crippen LogP contribution in [0.15, 0.2) is 36.0 Å². The molecule has 1 aliphatic carbocycles. The minimum atomic E-state index is -1.03. The maximum absolute atomic E-state index is 12.0. The quantitative estimate of drug-likeness (QED) is 0.300. The van der Waals surface area contributed by atoms with E-state index in [2.05, 4.69) is 6.92 Å². The number of carbonyl (C=O) groups excluding carboxylic acids is 2. The second kappa shape index (κ2) is 14.5. The largest absolute Gasteiger partial charge is 1.00 e. The molecule has 0 aromatic carbocycles. The van der Waals surface area contributed by atoms with E-state index in [1.807, 2.05) is 24.3 Å². The molecule has 4 nitrogen and oxygen atoms in total. The van der Waals surface area contributed by atoms with Gasteiger partial charge in [0, 0.05) is 18.3 Å². The molecule has 0 aromatic rings. The molecule has 0 heterocycles. The van der Waals surface area contributed by atoms with Crippen LogP contribution in [0.3, 0.4) is 0 Å². The van der Waals surface area contributed by atoms with Crippen LogP contribution in [0.4, 0.5) is 0 Å². The van der Waals surface area contributed by atoms with Crippen molar-refractivity contribution in [2.24, 2.45) is 5.92 Å². The average Bonchev–Trinajstić information content (AvgIpc) is 2.89. The Morgan fingerprint density at radius 1 is 1.36 bits per heavy atom. The predicted octanol–water partition coefficient (Wildman–Crippen LogP) is -0.130. The van der Waals surface area contributed by atoms with E-state index in [4.69, 9.17) is 0 Å². The normalized spacial score (nSPS) is 18.6. The fourth-order valence-electron chi connectivity index (χ4n) is 2.78. The topological polar surface area (TPSA) is 77.4 Å². The summed E-state index contributed by atoms with van der Waals surface area (Å²) in [5.41, 5.74) is 0.980. The maximum atomic E-state index is 12.0. The molecule has 0 aromatic heterocycles. The second-order valence-corrected chi connectivity index (χ2v) is 6.32. The smallest absolute Gasteiger partial charge is 0.550 e. The number of unbranched alkanes of at least 4 members (excludes halogenated alkanes) is 3. The number of hydrogen-bond donors (Lipinski definition) is 1. The van der Waals surface area contributed by atoms with Crippen molar-refractivity contribution in [2.45, 2.75) is 70.8 Å². The van der Waals surface area contributed by atoms with E-state index in [1.54, 1.807) is 6.08 Å². The summed E-state index contributed by atoms with van der Waals surface area (Å²) in [4.78, 5) is 22.3. The van der Waals surface area contributed by atoms with Gasteiger partial charge in [-0.15, -0.1) is 0 Å². The molecule has 0 unspecified atom stereocenters. The van der Waals surface area contributed by atoms with Gasteiger partial charge in [-0.05, 0) is 37.7 Å².